The summed E-state index contributed by atoms with van der Waals surface area (Å²) in [5, 5.41) is 14.0. The van der Waals surface area contributed by atoms with E-state index in [1.54, 1.807) is 6.20 Å². The third-order valence-electron chi connectivity index (χ3n) is 3.20. The van der Waals surface area contributed by atoms with Crippen molar-refractivity contribution in [3.63, 3.8) is 0 Å². The molecule has 7 heteroatoms. The van der Waals surface area contributed by atoms with Crippen molar-refractivity contribution in [3.8, 4) is 0 Å². The maximum Gasteiger partial charge on any atom is 0.313 e. The van der Waals surface area contributed by atoms with Crippen LogP contribution in [0.15, 0.2) is 17.4 Å². The number of aromatic nitrogens is 4. The van der Waals surface area contributed by atoms with Gasteiger partial charge in [-0.1, -0.05) is 11.8 Å². The first kappa shape index (κ1) is 15.6. The Hall–Kier alpha value is -1.76. The zero-order valence-corrected chi connectivity index (χ0v) is 13.4. The van der Waals surface area contributed by atoms with Gasteiger partial charge < -0.3 is 9.67 Å². The van der Waals surface area contributed by atoms with Gasteiger partial charge in [0.1, 0.15) is 0 Å². The number of hydrogen-bond donors (Lipinski definition) is 1. The highest BCUT2D eigenvalue weighted by molar-refractivity contribution is 7.99. The fourth-order valence-corrected chi connectivity index (χ4v) is 3.00. The third kappa shape index (κ3) is 4.10. The second-order valence-corrected chi connectivity index (χ2v) is 5.96. The SMILES string of the molecule is Cc1cc(C)n(CCCn2c(C)cnc2SCC(=O)O)n1. The molecule has 0 amide bonds. The van der Waals surface area contributed by atoms with E-state index in [0.29, 0.717) is 0 Å². The van der Waals surface area contributed by atoms with E-state index in [1.165, 1.54) is 11.8 Å². The molecule has 1 N–H and O–H groups in total. The molecular formula is C14H20N4O2S. The zero-order valence-electron chi connectivity index (χ0n) is 12.5. The highest BCUT2D eigenvalue weighted by Gasteiger charge is 2.10. The Bertz CT molecular complexity index is 633. The standard InChI is InChI=1S/C14H20N4O2S/c1-10-7-11(2)18(16-10)6-4-5-17-12(3)8-15-14(17)21-9-13(19)20/h7-8H,4-6,9H2,1-3H3,(H,19,20). The summed E-state index contributed by atoms with van der Waals surface area (Å²) in [4.78, 5) is 14.9. The fraction of sp³-hybridized carbons (Fsp3) is 0.500. The number of rotatable bonds is 7. The summed E-state index contributed by atoms with van der Waals surface area (Å²) in [5.74, 6) is -0.789. The maximum absolute atomic E-state index is 10.7. The summed E-state index contributed by atoms with van der Waals surface area (Å²) in [7, 11) is 0. The van der Waals surface area contributed by atoms with Gasteiger partial charge in [0, 0.05) is 30.7 Å². The van der Waals surface area contributed by atoms with E-state index in [2.05, 4.69) is 27.6 Å². The van der Waals surface area contributed by atoms with Crippen molar-refractivity contribution in [3.05, 3.63) is 29.3 Å². The molecule has 0 spiro atoms. The Balaban J connectivity index is 1.95. The van der Waals surface area contributed by atoms with Crippen LogP contribution in [0.3, 0.4) is 0 Å². The van der Waals surface area contributed by atoms with Crippen LogP contribution < -0.4 is 0 Å². The van der Waals surface area contributed by atoms with Crippen molar-refractivity contribution >= 4 is 17.7 Å². The lowest BCUT2D eigenvalue weighted by atomic mass is 10.3. The molecule has 114 valence electrons. The number of nitrogens with zero attached hydrogens (tertiary/aromatic N) is 4. The van der Waals surface area contributed by atoms with E-state index in [1.807, 2.05) is 18.5 Å². The molecule has 0 atom stereocenters. The number of hydrogen-bond acceptors (Lipinski definition) is 4. The molecule has 0 saturated carbocycles. The predicted octanol–water partition coefficient (Wildman–Crippen LogP) is 2.27. The van der Waals surface area contributed by atoms with Crippen LogP contribution in [0.2, 0.25) is 0 Å². The topological polar surface area (TPSA) is 72.9 Å². The zero-order chi connectivity index (χ0) is 15.4. The van der Waals surface area contributed by atoms with Crippen molar-refractivity contribution < 1.29 is 9.90 Å². The first-order chi connectivity index (χ1) is 9.97. The van der Waals surface area contributed by atoms with Crippen LogP contribution in [0.5, 0.6) is 0 Å². The number of carbonyl (C=O) groups is 1. The lowest BCUT2D eigenvalue weighted by Gasteiger charge is -2.10. The van der Waals surface area contributed by atoms with Crippen molar-refractivity contribution in [2.24, 2.45) is 0 Å². The van der Waals surface area contributed by atoms with E-state index < -0.39 is 5.97 Å². The number of carboxylic acid groups (broad SMARTS) is 1. The molecule has 0 aliphatic heterocycles. The average Bonchev–Trinajstić information content (AvgIpc) is 2.91. The van der Waals surface area contributed by atoms with Gasteiger partial charge in [-0.3, -0.25) is 9.48 Å². The van der Waals surface area contributed by atoms with Crippen LogP contribution in [0.25, 0.3) is 0 Å². The lowest BCUT2D eigenvalue weighted by Crippen LogP contribution is -2.09. The predicted molar refractivity (Wildman–Crippen MR) is 81.6 cm³/mol. The van der Waals surface area contributed by atoms with Gasteiger partial charge >= 0.3 is 5.97 Å². The molecule has 2 aromatic rings. The summed E-state index contributed by atoms with van der Waals surface area (Å²) in [6, 6.07) is 2.07. The van der Waals surface area contributed by atoms with Gasteiger partial charge in [-0.25, -0.2) is 4.98 Å². The summed E-state index contributed by atoms with van der Waals surface area (Å²) < 4.78 is 4.07. The molecule has 0 radical (unpaired) electrons. The van der Waals surface area contributed by atoms with E-state index >= 15 is 0 Å². The average molecular weight is 308 g/mol. The molecule has 0 aromatic carbocycles. The summed E-state index contributed by atoms with van der Waals surface area (Å²) >= 11 is 1.26. The van der Waals surface area contributed by atoms with Gasteiger partial charge in [0.15, 0.2) is 5.16 Å². The highest BCUT2D eigenvalue weighted by atomic mass is 32.2. The van der Waals surface area contributed by atoms with Gasteiger partial charge in [0.2, 0.25) is 0 Å². The molecule has 0 unspecified atom stereocenters. The summed E-state index contributed by atoms with van der Waals surface area (Å²) in [6.07, 6.45) is 2.72. The Morgan fingerprint density at radius 1 is 1.29 bits per heavy atom. The Kier molecular flexibility index (Phi) is 5.06. The van der Waals surface area contributed by atoms with Crippen LogP contribution in [0.4, 0.5) is 0 Å². The molecule has 0 fully saturated rings. The van der Waals surface area contributed by atoms with E-state index in [4.69, 9.17) is 5.11 Å². The molecule has 0 aliphatic carbocycles. The van der Waals surface area contributed by atoms with Gasteiger partial charge in [-0.15, -0.1) is 0 Å². The second kappa shape index (κ2) is 6.80. The van der Waals surface area contributed by atoms with Crippen molar-refractivity contribution in [2.45, 2.75) is 45.4 Å². The van der Waals surface area contributed by atoms with Crippen LogP contribution in [-0.2, 0) is 17.9 Å². The minimum atomic E-state index is -0.824. The van der Waals surface area contributed by atoms with E-state index in [9.17, 15) is 4.79 Å². The molecule has 2 aromatic heterocycles. The smallest absolute Gasteiger partial charge is 0.313 e. The van der Waals surface area contributed by atoms with Crippen LogP contribution in [-0.4, -0.2) is 36.2 Å². The van der Waals surface area contributed by atoms with Gasteiger partial charge in [0.25, 0.3) is 0 Å². The minimum Gasteiger partial charge on any atom is -0.481 e. The summed E-state index contributed by atoms with van der Waals surface area (Å²) in [5.41, 5.74) is 3.25. The van der Waals surface area contributed by atoms with Crippen molar-refractivity contribution in [1.29, 1.82) is 0 Å². The van der Waals surface area contributed by atoms with Gasteiger partial charge in [0.05, 0.1) is 11.4 Å². The Labute approximate surface area is 128 Å². The first-order valence-corrected chi connectivity index (χ1v) is 7.83. The molecule has 6 nitrogen and oxygen atoms in total. The van der Waals surface area contributed by atoms with Crippen molar-refractivity contribution in [1.82, 2.24) is 19.3 Å². The molecular weight excluding hydrogens is 288 g/mol. The van der Waals surface area contributed by atoms with Crippen LogP contribution >= 0.6 is 11.8 Å². The molecule has 2 rings (SSSR count). The molecule has 0 bridgehead atoms. The third-order valence-corrected chi connectivity index (χ3v) is 4.17. The Morgan fingerprint density at radius 3 is 2.67 bits per heavy atom. The molecule has 0 saturated heterocycles. The minimum absolute atomic E-state index is 0.0356. The van der Waals surface area contributed by atoms with Crippen LogP contribution in [0.1, 0.15) is 23.5 Å². The van der Waals surface area contributed by atoms with Gasteiger partial charge in [-0.2, -0.15) is 5.10 Å². The lowest BCUT2D eigenvalue weighted by molar-refractivity contribution is -0.133. The number of imidazole rings is 1. The monoisotopic (exact) mass is 308 g/mol. The first-order valence-electron chi connectivity index (χ1n) is 6.85. The molecule has 2 heterocycles. The number of aliphatic carboxylic acids is 1. The molecule has 21 heavy (non-hydrogen) atoms. The Morgan fingerprint density at radius 2 is 2.05 bits per heavy atom. The quantitative estimate of drug-likeness (QED) is 0.794. The second-order valence-electron chi connectivity index (χ2n) is 5.02. The number of carboxylic acids is 1. The fourth-order valence-electron chi connectivity index (χ4n) is 2.23. The summed E-state index contributed by atoms with van der Waals surface area (Å²) in [6.45, 7) is 7.69. The van der Waals surface area contributed by atoms with Gasteiger partial charge in [-0.05, 0) is 33.3 Å². The number of thioether (sulfide) groups is 1. The normalized spacial score (nSPS) is 11.0. The van der Waals surface area contributed by atoms with Crippen molar-refractivity contribution in [2.75, 3.05) is 5.75 Å². The molecule has 0 aliphatic rings. The highest BCUT2D eigenvalue weighted by Crippen LogP contribution is 2.18. The van der Waals surface area contributed by atoms with Crippen LogP contribution in [0, 0.1) is 20.8 Å². The largest absolute Gasteiger partial charge is 0.481 e. The number of aryl methyl sites for hydroxylation is 4. The van der Waals surface area contributed by atoms with E-state index in [0.717, 1.165) is 41.7 Å². The van der Waals surface area contributed by atoms with E-state index in [-0.39, 0.29) is 5.75 Å². The maximum atomic E-state index is 10.7.